The topological polar surface area (TPSA) is 100 Å². The normalized spacial score (nSPS) is 14.4. The molecule has 1 unspecified atom stereocenters. The van der Waals surface area contributed by atoms with Gasteiger partial charge in [0, 0.05) is 18.0 Å². The van der Waals surface area contributed by atoms with Crippen molar-refractivity contribution in [3.8, 4) is 11.5 Å². The highest BCUT2D eigenvalue weighted by molar-refractivity contribution is 5.77. The predicted octanol–water partition coefficient (Wildman–Crippen LogP) is 4.33. The minimum absolute atomic E-state index is 0.0469. The average Bonchev–Trinajstić information content (AvgIpc) is 3.52. The van der Waals surface area contributed by atoms with Crippen molar-refractivity contribution in [1.82, 2.24) is 19.7 Å². The SMILES string of the molecule is Cc1ccc(-c2nnc(C(C)OC(=O)CCc3nc4ccccc4c(=O)n3C3CC3)o2)cc1. The van der Waals surface area contributed by atoms with E-state index in [2.05, 4.69) is 15.2 Å². The van der Waals surface area contributed by atoms with Crippen molar-refractivity contribution in [2.24, 2.45) is 0 Å². The molecule has 2 aromatic carbocycles. The monoisotopic (exact) mass is 444 g/mol. The van der Waals surface area contributed by atoms with Crippen LogP contribution in [0.25, 0.3) is 22.4 Å². The highest BCUT2D eigenvalue weighted by atomic mass is 16.6. The number of rotatable bonds is 7. The summed E-state index contributed by atoms with van der Waals surface area (Å²) in [5.74, 6) is 0.812. The van der Waals surface area contributed by atoms with Gasteiger partial charge in [-0.15, -0.1) is 10.2 Å². The molecule has 0 saturated heterocycles. The number of carbonyl (C=O) groups is 1. The molecule has 1 aliphatic rings. The van der Waals surface area contributed by atoms with Gasteiger partial charge in [-0.05, 0) is 51.0 Å². The molecular weight excluding hydrogens is 420 g/mol. The van der Waals surface area contributed by atoms with E-state index in [-0.39, 0.29) is 23.9 Å². The zero-order valence-electron chi connectivity index (χ0n) is 18.5. The van der Waals surface area contributed by atoms with Crippen LogP contribution in [0.5, 0.6) is 0 Å². The molecule has 1 fully saturated rings. The zero-order chi connectivity index (χ0) is 22.9. The minimum atomic E-state index is -0.681. The van der Waals surface area contributed by atoms with Crippen LogP contribution in [0.4, 0.5) is 0 Å². The van der Waals surface area contributed by atoms with Crippen LogP contribution in [-0.2, 0) is 16.0 Å². The van der Waals surface area contributed by atoms with Crippen molar-refractivity contribution in [3.63, 3.8) is 0 Å². The highest BCUT2D eigenvalue weighted by Gasteiger charge is 2.28. The van der Waals surface area contributed by atoms with Gasteiger partial charge in [0.2, 0.25) is 5.89 Å². The molecule has 0 amide bonds. The summed E-state index contributed by atoms with van der Waals surface area (Å²) in [5, 5.41) is 8.69. The van der Waals surface area contributed by atoms with Gasteiger partial charge < -0.3 is 9.15 Å². The van der Waals surface area contributed by atoms with Crippen LogP contribution in [0, 0.1) is 6.92 Å². The van der Waals surface area contributed by atoms with E-state index in [1.165, 1.54) is 0 Å². The molecule has 0 bridgehead atoms. The Hall–Kier alpha value is -3.81. The lowest BCUT2D eigenvalue weighted by Crippen LogP contribution is -2.25. The fraction of sp³-hybridized carbons (Fsp3) is 0.320. The Balaban J connectivity index is 1.27. The van der Waals surface area contributed by atoms with Gasteiger partial charge in [0.25, 0.3) is 11.4 Å². The molecule has 8 nitrogen and oxygen atoms in total. The molecule has 1 saturated carbocycles. The first-order valence-corrected chi connectivity index (χ1v) is 11.1. The molecular formula is C25H24N4O4. The van der Waals surface area contributed by atoms with Crippen LogP contribution >= 0.6 is 0 Å². The summed E-state index contributed by atoms with van der Waals surface area (Å²) in [7, 11) is 0. The van der Waals surface area contributed by atoms with Gasteiger partial charge in [-0.3, -0.25) is 14.2 Å². The second-order valence-electron chi connectivity index (χ2n) is 8.40. The van der Waals surface area contributed by atoms with E-state index in [1.54, 1.807) is 17.6 Å². The molecule has 2 aromatic heterocycles. The lowest BCUT2D eigenvalue weighted by Gasteiger charge is -2.13. The lowest BCUT2D eigenvalue weighted by atomic mass is 10.1. The van der Waals surface area contributed by atoms with Crippen LogP contribution in [0.15, 0.2) is 57.7 Å². The van der Waals surface area contributed by atoms with Gasteiger partial charge in [-0.1, -0.05) is 29.8 Å². The Morgan fingerprint density at radius 2 is 1.91 bits per heavy atom. The second kappa shape index (κ2) is 8.61. The van der Waals surface area contributed by atoms with Gasteiger partial charge >= 0.3 is 5.97 Å². The van der Waals surface area contributed by atoms with Crippen LogP contribution < -0.4 is 5.56 Å². The number of aryl methyl sites for hydroxylation is 2. The fourth-order valence-electron chi connectivity index (χ4n) is 3.81. The highest BCUT2D eigenvalue weighted by Crippen LogP contribution is 2.35. The Morgan fingerprint density at radius 1 is 1.15 bits per heavy atom. The van der Waals surface area contributed by atoms with E-state index in [0.717, 1.165) is 24.0 Å². The Bertz CT molecular complexity index is 1370. The van der Waals surface area contributed by atoms with Crippen LogP contribution in [0.1, 0.15) is 55.6 Å². The quantitative estimate of drug-likeness (QED) is 0.391. The molecule has 1 atom stereocenters. The van der Waals surface area contributed by atoms with Gasteiger partial charge in [0.1, 0.15) is 5.82 Å². The molecule has 33 heavy (non-hydrogen) atoms. The summed E-state index contributed by atoms with van der Waals surface area (Å²) < 4.78 is 13.0. The van der Waals surface area contributed by atoms with Gasteiger partial charge in [0.15, 0.2) is 6.10 Å². The fourth-order valence-corrected chi connectivity index (χ4v) is 3.81. The van der Waals surface area contributed by atoms with Crippen molar-refractivity contribution in [1.29, 1.82) is 0 Å². The number of fused-ring (bicyclic) bond motifs is 1. The average molecular weight is 444 g/mol. The van der Waals surface area contributed by atoms with E-state index in [4.69, 9.17) is 9.15 Å². The molecule has 0 radical (unpaired) electrons. The number of hydrogen-bond donors (Lipinski definition) is 0. The first-order chi connectivity index (χ1) is 16.0. The van der Waals surface area contributed by atoms with E-state index in [1.807, 2.05) is 49.4 Å². The zero-order valence-corrected chi connectivity index (χ0v) is 18.5. The van der Waals surface area contributed by atoms with Crippen molar-refractivity contribution >= 4 is 16.9 Å². The standard InChI is InChI=1S/C25H24N4O4/c1-15-7-9-17(10-8-15)24-28-27-23(33-24)16(2)32-22(30)14-13-21-26-20-6-4-3-5-19(20)25(31)29(21)18-11-12-18/h3-10,16,18H,11-14H2,1-2H3. The summed E-state index contributed by atoms with van der Waals surface area (Å²) in [6.07, 6.45) is 1.64. The van der Waals surface area contributed by atoms with Crippen molar-refractivity contribution in [2.75, 3.05) is 0 Å². The van der Waals surface area contributed by atoms with Gasteiger partial charge in [0.05, 0.1) is 17.3 Å². The number of carbonyl (C=O) groups excluding carboxylic acids is 1. The maximum absolute atomic E-state index is 13.0. The summed E-state index contributed by atoms with van der Waals surface area (Å²) in [6.45, 7) is 3.70. The van der Waals surface area contributed by atoms with Crippen LogP contribution in [-0.4, -0.2) is 25.7 Å². The third-order valence-corrected chi connectivity index (χ3v) is 5.74. The Labute approximate surface area is 190 Å². The number of para-hydroxylation sites is 1. The molecule has 0 aliphatic heterocycles. The van der Waals surface area contributed by atoms with Crippen LogP contribution in [0.2, 0.25) is 0 Å². The van der Waals surface area contributed by atoms with E-state index < -0.39 is 12.1 Å². The third kappa shape index (κ3) is 4.41. The molecule has 2 heterocycles. The number of hydrogen-bond acceptors (Lipinski definition) is 7. The molecule has 4 aromatic rings. The summed E-state index contributed by atoms with van der Waals surface area (Å²) in [6, 6.07) is 15.2. The molecule has 8 heteroatoms. The Kier molecular flexibility index (Phi) is 5.50. The van der Waals surface area contributed by atoms with E-state index >= 15 is 0 Å². The number of esters is 1. The smallest absolute Gasteiger partial charge is 0.307 e. The summed E-state index contributed by atoms with van der Waals surface area (Å²) >= 11 is 0. The lowest BCUT2D eigenvalue weighted by molar-refractivity contribution is -0.149. The second-order valence-corrected chi connectivity index (χ2v) is 8.40. The van der Waals surface area contributed by atoms with E-state index in [9.17, 15) is 9.59 Å². The number of nitrogens with zero attached hydrogens (tertiary/aromatic N) is 4. The molecule has 0 spiro atoms. The first kappa shape index (κ1) is 21.1. The number of benzene rings is 2. The first-order valence-electron chi connectivity index (χ1n) is 11.1. The van der Waals surface area contributed by atoms with Crippen molar-refractivity contribution in [2.45, 2.75) is 51.7 Å². The maximum atomic E-state index is 13.0. The summed E-state index contributed by atoms with van der Waals surface area (Å²) in [5.41, 5.74) is 2.53. The number of aromatic nitrogens is 4. The molecule has 0 N–H and O–H groups in total. The number of ether oxygens (including phenoxy) is 1. The third-order valence-electron chi connectivity index (χ3n) is 5.74. The van der Waals surface area contributed by atoms with E-state index in [0.29, 0.717) is 29.0 Å². The van der Waals surface area contributed by atoms with Gasteiger partial charge in [-0.25, -0.2) is 4.98 Å². The van der Waals surface area contributed by atoms with Crippen molar-refractivity contribution < 1.29 is 13.9 Å². The maximum Gasteiger partial charge on any atom is 0.307 e. The predicted molar refractivity (Wildman–Crippen MR) is 122 cm³/mol. The molecule has 5 rings (SSSR count). The van der Waals surface area contributed by atoms with Crippen LogP contribution in [0.3, 0.4) is 0 Å². The molecule has 168 valence electrons. The molecule has 1 aliphatic carbocycles. The van der Waals surface area contributed by atoms with Crippen molar-refractivity contribution in [3.05, 3.63) is 76.2 Å². The summed E-state index contributed by atoms with van der Waals surface area (Å²) in [4.78, 5) is 30.2. The Morgan fingerprint density at radius 3 is 2.67 bits per heavy atom. The van der Waals surface area contributed by atoms with Gasteiger partial charge in [-0.2, -0.15) is 0 Å². The minimum Gasteiger partial charge on any atom is -0.453 e. The largest absolute Gasteiger partial charge is 0.453 e.